The fraction of sp³-hybridized carbons (Fsp3) is 0.786. The highest BCUT2D eigenvalue weighted by molar-refractivity contribution is 5.03. The largest absolute Gasteiger partial charge is 0.361 e. The van der Waals surface area contributed by atoms with Crippen molar-refractivity contribution < 1.29 is 4.52 Å². The van der Waals surface area contributed by atoms with Crippen molar-refractivity contribution in [1.29, 1.82) is 0 Å². The number of likely N-dealkylation sites (tertiary alicyclic amines) is 1. The molecular formula is C14H25N3O. The summed E-state index contributed by atoms with van der Waals surface area (Å²) in [5.74, 6) is 0.891. The number of hydrogen-bond donors (Lipinski definition) is 1. The van der Waals surface area contributed by atoms with Gasteiger partial charge in [-0.1, -0.05) is 12.1 Å². The smallest absolute Gasteiger partial charge is 0.133 e. The molecule has 18 heavy (non-hydrogen) atoms. The lowest BCUT2D eigenvalue weighted by atomic mass is 10.1. The van der Waals surface area contributed by atoms with Crippen molar-refractivity contribution in [1.82, 2.24) is 15.4 Å². The Hall–Kier alpha value is -0.870. The second-order valence-electron chi connectivity index (χ2n) is 5.28. The van der Waals surface area contributed by atoms with E-state index in [2.05, 4.69) is 22.3 Å². The number of hydrogen-bond acceptors (Lipinski definition) is 4. The Kier molecular flexibility index (Phi) is 5.20. The zero-order valence-electron chi connectivity index (χ0n) is 11.6. The predicted octanol–water partition coefficient (Wildman–Crippen LogP) is 2.34. The Morgan fingerprint density at radius 2 is 2.33 bits per heavy atom. The van der Waals surface area contributed by atoms with E-state index in [1.807, 2.05) is 13.0 Å². The lowest BCUT2D eigenvalue weighted by Crippen LogP contribution is -2.31. The molecule has 1 saturated heterocycles. The molecule has 1 atom stereocenters. The first-order chi connectivity index (χ1) is 8.78. The second kappa shape index (κ2) is 6.90. The Morgan fingerprint density at radius 3 is 3.06 bits per heavy atom. The molecular weight excluding hydrogens is 226 g/mol. The van der Waals surface area contributed by atoms with Gasteiger partial charge in [-0.15, -0.1) is 0 Å². The molecule has 1 aliphatic heterocycles. The minimum absolute atomic E-state index is 0.629. The first kappa shape index (κ1) is 13.6. The van der Waals surface area contributed by atoms with Crippen LogP contribution in [0.15, 0.2) is 10.6 Å². The summed E-state index contributed by atoms with van der Waals surface area (Å²) < 4.78 is 5.08. The normalized spacial score (nSPS) is 22.0. The van der Waals surface area contributed by atoms with Crippen LogP contribution in [-0.4, -0.2) is 35.7 Å². The van der Waals surface area contributed by atoms with Crippen LogP contribution in [0.25, 0.3) is 0 Å². The summed E-state index contributed by atoms with van der Waals surface area (Å²) in [5, 5.41) is 7.62. The van der Waals surface area contributed by atoms with Gasteiger partial charge >= 0.3 is 0 Å². The van der Waals surface area contributed by atoms with Gasteiger partial charge in [0.1, 0.15) is 5.76 Å². The Labute approximate surface area is 110 Å². The van der Waals surface area contributed by atoms with E-state index in [1.165, 1.54) is 45.3 Å². The molecule has 0 amide bonds. The molecule has 0 aliphatic carbocycles. The minimum atomic E-state index is 0.629. The third-order valence-electron chi connectivity index (χ3n) is 3.61. The number of nitrogens with one attached hydrogen (secondary N) is 1. The zero-order valence-corrected chi connectivity index (χ0v) is 11.6. The van der Waals surface area contributed by atoms with Crippen molar-refractivity contribution in [3.8, 4) is 0 Å². The highest BCUT2D eigenvalue weighted by atomic mass is 16.5. The maximum atomic E-state index is 5.08. The molecule has 102 valence electrons. The molecule has 1 fully saturated rings. The first-order valence-electron chi connectivity index (χ1n) is 7.16. The quantitative estimate of drug-likeness (QED) is 0.872. The van der Waals surface area contributed by atoms with Crippen LogP contribution in [0.5, 0.6) is 0 Å². The molecule has 4 nitrogen and oxygen atoms in total. The summed E-state index contributed by atoms with van der Waals surface area (Å²) in [5.41, 5.74) is 1.02. The molecule has 0 bridgehead atoms. The van der Waals surface area contributed by atoms with Crippen LogP contribution in [0.2, 0.25) is 0 Å². The predicted molar refractivity (Wildman–Crippen MR) is 72.4 cm³/mol. The summed E-state index contributed by atoms with van der Waals surface area (Å²) in [6.07, 6.45) is 5.08. The van der Waals surface area contributed by atoms with Gasteiger partial charge in [-0.05, 0) is 52.2 Å². The van der Waals surface area contributed by atoms with E-state index < -0.39 is 0 Å². The molecule has 1 aromatic heterocycles. The molecule has 1 N–H and O–H groups in total. The summed E-state index contributed by atoms with van der Waals surface area (Å²) in [7, 11) is 0. The summed E-state index contributed by atoms with van der Waals surface area (Å²) >= 11 is 0. The standard InChI is InChI=1S/C14H25N3O/c1-3-7-17-8-4-5-13(6-9-17)15-11-14-10-12(2)18-16-14/h10,13,15H,3-9,11H2,1-2H3. The molecule has 0 radical (unpaired) electrons. The monoisotopic (exact) mass is 251 g/mol. The molecule has 1 unspecified atom stereocenters. The van der Waals surface area contributed by atoms with Crippen molar-refractivity contribution in [2.75, 3.05) is 19.6 Å². The highest BCUT2D eigenvalue weighted by Gasteiger charge is 2.16. The lowest BCUT2D eigenvalue weighted by molar-refractivity contribution is 0.282. The van der Waals surface area contributed by atoms with Crippen molar-refractivity contribution in [2.45, 2.75) is 52.1 Å². The molecule has 1 aromatic rings. The van der Waals surface area contributed by atoms with Crippen molar-refractivity contribution in [3.63, 3.8) is 0 Å². The average molecular weight is 251 g/mol. The van der Waals surface area contributed by atoms with Gasteiger partial charge in [0.15, 0.2) is 0 Å². The van der Waals surface area contributed by atoms with Gasteiger partial charge in [0, 0.05) is 18.7 Å². The SMILES string of the molecule is CCCN1CCCC(NCc2cc(C)on2)CC1. The Bertz CT molecular complexity index is 351. The first-order valence-corrected chi connectivity index (χ1v) is 7.16. The van der Waals surface area contributed by atoms with E-state index in [0.29, 0.717) is 6.04 Å². The third kappa shape index (κ3) is 4.10. The van der Waals surface area contributed by atoms with Gasteiger partial charge in [-0.3, -0.25) is 0 Å². The van der Waals surface area contributed by atoms with E-state index in [4.69, 9.17) is 4.52 Å². The molecule has 4 heteroatoms. The van der Waals surface area contributed by atoms with E-state index in [1.54, 1.807) is 0 Å². The molecule has 1 aliphatic rings. The van der Waals surface area contributed by atoms with Gasteiger partial charge in [0.05, 0.1) is 5.69 Å². The lowest BCUT2D eigenvalue weighted by Gasteiger charge is -2.19. The van der Waals surface area contributed by atoms with Crippen LogP contribution in [0.3, 0.4) is 0 Å². The van der Waals surface area contributed by atoms with Crippen LogP contribution in [0, 0.1) is 6.92 Å². The fourth-order valence-electron chi connectivity index (χ4n) is 2.65. The van der Waals surface area contributed by atoms with E-state index >= 15 is 0 Å². The zero-order chi connectivity index (χ0) is 12.8. The molecule has 0 aromatic carbocycles. The van der Waals surface area contributed by atoms with Crippen molar-refractivity contribution in [2.24, 2.45) is 0 Å². The summed E-state index contributed by atoms with van der Waals surface area (Å²) in [6, 6.07) is 2.64. The second-order valence-corrected chi connectivity index (χ2v) is 5.28. The summed E-state index contributed by atoms with van der Waals surface area (Å²) in [6.45, 7) is 8.75. The number of rotatable bonds is 5. The van der Waals surface area contributed by atoms with E-state index in [-0.39, 0.29) is 0 Å². The van der Waals surface area contributed by atoms with Crippen molar-refractivity contribution >= 4 is 0 Å². The van der Waals surface area contributed by atoms with Crippen LogP contribution in [0.1, 0.15) is 44.1 Å². The average Bonchev–Trinajstić information content (AvgIpc) is 2.64. The van der Waals surface area contributed by atoms with Crippen LogP contribution >= 0.6 is 0 Å². The Morgan fingerprint density at radius 1 is 1.44 bits per heavy atom. The van der Waals surface area contributed by atoms with Gasteiger partial charge in [-0.25, -0.2) is 0 Å². The molecule has 0 saturated carbocycles. The fourth-order valence-corrected chi connectivity index (χ4v) is 2.65. The van der Waals surface area contributed by atoms with Gasteiger partial charge in [0.25, 0.3) is 0 Å². The van der Waals surface area contributed by atoms with Crippen molar-refractivity contribution in [3.05, 3.63) is 17.5 Å². The molecule has 2 heterocycles. The van der Waals surface area contributed by atoms with Crippen LogP contribution < -0.4 is 5.32 Å². The highest BCUT2D eigenvalue weighted by Crippen LogP contribution is 2.12. The minimum Gasteiger partial charge on any atom is -0.361 e. The molecule has 0 spiro atoms. The summed E-state index contributed by atoms with van der Waals surface area (Å²) in [4.78, 5) is 2.59. The van der Waals surface area contributed by atoms with Gasteiger partial charge in [0.2, 0.25) is 0 Å². The number of aromatic nitrogens is 1. The van der Waals surface area contributed by atoms with E-state index in [9.17, 15) is 0 Å². The maximum absolute atomic E-state index is 5.08. The Balaban J connectivity index is 1.73. The van der Waals surface area contributed by atoms with Crippen LogP contribution in [-0.2, 0) is 6.54 Å². The third-order valence-corrected chi connectivity index (χ3v) is 3.61. The van der Waals surface area contributed by atoms with E-state index in [0.717, 1.165) is 18.0 Å². The maximum Gasteiger partial charge on any atom is 0.133 e. The molecule has 2 rings (SSSR count). The van der Waals surface area contributed by atoms with Crippen LogP contribution in [0.4, 0.5) is 0 Å². The van der Waals surface area contributed by atoms with Gasteiger partial charge < -0.3 is 14.7 Å². The topological polar surface area (TPSA) is 41.3 Å². The number of nitrogens with zero attached hydrogens (tertiary/aromatic N) is 2. The number of aryl methyl sites for hydroxylation is 1. The van der Waals surface area contributed by atoms with Gasteiger partial charge in [-0.2, -0.15) is 0 Å².